The second-order valence-electron chi connectivity index (χ2n) is 4.98. The van der Waals surface area contributed by atoms with Crippen LogP contribution in [0.3, 0.4) is 0 Å². The van der Waals surface area contributed by atoms with Crippen LogP contribution in [0.25, 0.3) is 0 Å². The third-order valence-corrected chi connectivity index (χ3v) is 2.08. The van der Waals surface area contributed by atoms with Gasteiger partial charge in [0.25, 0.3) is 0 Å². The van der Waals surface area contributed by atoms with Crippen molar-refractivity contribution in [2.24, 2.45) is 0 Å². The van der Waals surface area contributed by atoms with Gasteiger partial charge in [0.1, 0.15) is 5.60 Å². The first-order valence-electron chi connectivity index (χ1n) is 6.11. The number of ether oxygens (including phenoxy) is 1. The largest absolute Gasteiger partial charge is 0.444 e. The van der Waals surface area contributed by atoms with Crippen molar-refractivity contribution in [1.29, 1.82) is 0 Å². The second-order valence-corrected chi connectivity index (χ2v) is 4.98. The maximum absolute atomic E-state index is 11.3. The van der Waals surface area contributed by atoms with Gasteiger partial charge in [-0.25, -0.2) is 9.78 Å². The van der Waals surface area contributed by atoms with E-state index in [9.17, 15) is 4.79 Å². The first kappa shape index (κ1) is 14.5. The standard InChI is InChI=1S/C12H22N4O2/c1-12(2,3)18-11(17)15-5-4-13-6-8-16-9-7-14-10-16/h7,9-10,13H,4-6,8H2,1-3H3,(H,15,17). The van der Waals surface area contributed by atoms with E-state index in [0.717, 1.165) is 13.1 Å². The number of carbonyl (C=O) groups is 1. The highest BCUT2D eigenvalue weighted by atomic mass is 16.6. The maximum atomic E-state index is 11.3. The van der Waals surface area contributed by atoms with Crippen molar-refractivity contribution in [1.82, 2.24) is 20.2 Å². The van der Waals surface area contributed by atoms with Crippen LogP contribution >= 0.6 is 0 Å². The van der Waals surface area contributed by atoms with Crippen molar-refractivity contribution >= 4 is 6.09 Å². The van der Waals surface area contributed by atoms with Crippen LogP contribution < -0.4 is 10.6 Å². The van der Waals surface area contributed by atoms with E-state index in [0.29, 0.717) is 13.1 Å². The lowest BCUT2D eigenvalue weighted by Crippen LogP contribution is -2.36. The Labute approximate surface area is 108 Å². The molecule has 0 aliphatic rings. The Bertz CT molecular complexity index is 343. The summed E-state index contributed by atoms with van der Waals surface area (Å²) in [4.78, 5) is 15.3. The molecule has 2 N–H and O–H groups in total. The Balaban J connectivity index is 1.97. The van der Waals surface area contributed by atoms with Crippen LogP contribution in [0.4, 0.5) is 4.79 Å². The fourth-order valence-electron chi connectivity index (χ4n) is 1.32. The van der Waals surface area contributed by atoms with Crippen molar-refractivity contribution in [3.8, 4) is 0 Å². The Morgan fingerprint density at radius 2 is 2.11 bits per heavy atom. The van der Waals surface area contributed by atoms with Gasteiger partial charge in [-0.1, -0.05) is 0 Å². The summed E-state index contributed by atoms with van der Waals surface area (Å²) in [5.41, 5.74) is -0.446. The fourth-order valence-corrected chi connectivity index (χ4v) is 1.32. The monoisotopic (exact) mass is 254 g/mol. The Morgan fingerprint density at radius 1 is 1.33 bits per heavy atom. The molecule has 0 saturated carbocycles. The zero-order chi connectivity index (χ0) is 13.4. The number of alkyl carbamates (subject to hydrolysis) is 1. The molecule has 1 rings (SSSR count). The first-order valence-corrected chi connectivity index (χ1v) is 6.11. The Kier molecular flexibility index (Phi) is 5.64. The van der Waals surface area contributed by atoms with Crippen LogP contribution in [0.2, 0.25) is 0 Å². The SMILES string of the molecule is CC(C)(C)OC(=O)NCCNCCn1ccnc1. The molecule has 0 spiro atoms. The summed E-state index contributed by atoms with van der Waals surface area (Å²) in [6.07, 6.45) is 5.07. The molecule has 6 nitrogen and oxygen atoms in total. The number of nitrogens with one attached hydrogen (secondary N) is 2. The summed E-state index contributed by atoms with van der Waals surface area (Å²) in [5, 5.41) is 5.91. The Morgan fingerprint density at radius 3 is 2.72 bits per heavy atom. The molecule has 0 atom stereocenters. The van der Waals surface area contributed by atoms with Crippen LogP contribution in [0.5, 0.6) is 0 Å². The van der Waals surface area contributed by atoms with Crippen LogP contribution in [-0.2, 0) is 11.3 Å². The van der Waals surface area contributed by atoms with Crippen LogP contribution in [0.1, 0.15) is 20.8 Å². The van der Waals surface area contributed by atoms with Gasteiger partial charge in [0, 0.05) is 38.6 Å². The van der Waals surface area contributed by atoms with Gasteiger partial charge in [-0.15, -0.1) is 0 Å². The number of hydrogen-bond acceptors (Lipinski definition) is 4. The van der Waals surface area contributed by atoms with Gasteiger partial charge in [0.05, 0.1) is 6.33 Å². The van der Waals surface area contributed by atoms with Crippen molar-refractivity contribution in [2.45, 2.75) is 32.9 Å². The van der Waals surface area contributed by atoms with E-state index in [2.05, 4.69) is 15.6 Å². The van der Waals surface area contributed by atoms with Gasteiger partial charge in [-0.05, 0) is 20.8 Å². The third-order valence-electron chi connectivity index (χ3n) is 2.08. The number of amides is 1. The molecule has 18 heavy (non-hydrogen) atoms. The van der Waals surface area contributed by atoms with E-state index in [4.69, 9.17) is 4.74 Å². The van der Waals surface area contributed by atoms with E-state index >= 15 is 0 Å². The lowest BCUT2D eigenvalue weighted by Gasteiger charge is -2.19. The molecular weight excluding hydrogens is 232 g/mol. The number of carbonyl (C=O) groups excluding carboxylic acids is 1. The van der Waals surface area contributed by atoms with Crippen molar-refractivity contribution in [2.75, 3.05) is 19.6 Å². The highest BCUT2D eigenvalue weighted by Gasteiger charge is 2.15. The predicted molar refractivity (Wildman–Crippen MR) is 69.3 cm³/mol. The van der Waals surface area contributed by atoms with E-state index in [1.807, 2.05) is 31.5 Å². The van der Waals surface area contributed by atoms with Gasteiger partial charge in [-0.2, -0.15) is 0 Å². The maximum Gasteiger partial charge on any atom is 0.407 e. The van der Waals surface area contributed by atoms with Crippen LogP contribution in [0.15, 0.2) is 18.7 Å². The summed E-state index contributed by atoms with van der Waals surface area (Å²) in [7, 11) is 0. The minimum Gasteiger partial charge on any atom is -0.444 e. The molecule has 0 aliphatic carbocycles. The topological polar surface area (TPSA) is 68.2 Å². The lowest BCUT2D eigenvalue weighted by molar-refractivity contribution is 0.0528. The summed E-state index contributed by atoms with van der Waals surface area (Å²) in [6, 6.07) is 0. The minimum absolute atomic E-state index is 0.376. The molecule has 1 aromatic heterocycles. The third kappa shape index (κ3) is 6.90. The molecule has 1 amide bonds. The first-order chi connectivity index (χ1) is 8.47. The molecule has 1 aromatic rings. The van der Waals surface area contributed by atoms with Crippen LogP contribution in [-0.4, -0.2) is 40.9 Å². The number of hydrogen-bond donors (Lipinski definition) is 2. The van der Waals surface area contributed by atoms with Crippen molar-refractivity contribution in [3.63, 3.8) is 0 Å². The quantitative estimate of drug-likeness (QED) is 0.743. The second kappa shape index (κ2) is 7.00. The molecule has 1 heterocycles. The predicted octanol–water partition coefficient (Wildman–Crippen LogP) is 0.997. The summed E-state index contributed by atoms with van der Waals surface area (Å²) in [6.45, 7) is 8.51. The normalized spacial score (nSPS) is 11.3. The van der Waals surface area contributed by atoms with E-state index < -0.39 is 5.60 Å². The fraction of sp³-hybridized carbons (Fsp3) is 0.667. The number of rotatable bonds is 6. The van der Waals surface area contributed by atoms with Crippen molar-refractivity contribution in [3.05, 3.63) is 18.7 Å². The molecule has 0 aliphatic heterocycles. The smallest absolute Gasteiger partial charge is 0.407 e. The molecule has 0 fully saturated rings. The zero-order valence-electron chi connectivity index (χ0n) is 11.3. The zero-order valence-corrected chi connectivity index (χ0v) is 11.3. The lowest BCUT2D eigenvalue weighted by atomic mass is 10.2. The molecule has 0 bridgehead atoms. The average Bonchev–Trinajstić information content (AvgIpc) is 2.73. The number of imidazole rings is 1. The van der Waals surface area contributed by atoms with Gasteiger partial charge in [-0.3, -0.25) is 0 Å². The number of nitrogens with zero attached hydrogens (tertiary/aromatic N) is 2. The summed E-state index contributed by atoms with van der Waals surface area (Å²) < 4.78 is 7.11. The average molecular weight is 254 g/mol. The highest BCUT2D eigenvalue weighted by molar-refractivity contribution is 5.67. The molecule has 0 saturated heterocycles. The van der Waals surface area contributed by atoms with E-state index in [1.54, 1.807) is 12.5 Å². The van der Waals surface area contributed by atoms with Gasteiger partial charge < -0.3 is 19.9 Å². The summed E-state index contributed by atoms with van der Waals surface area (Å²) in [5.74, 6) is 0. The van der Waals surface area contributed by atoms with Gasteiger partial charge in [0.15, 0.2) is 0 Å². The molecular formula is C12H22N4O2. The van der Waals surface area contributed by atoms with Gasteiger partial charge in [0.2, 0.25) is 0 Å². The van der Waals surface area contributed by atoms with E-state index in [1.165, 1.54) is 0 Å². The van der Waals surface area contributed by atoms with Crippen LogP contribution in [0, 0.1) is 0 Å². The van der Waals surface area contributed by atoms with Gasteiger partial charge >= 0.3 is 6.09 Å². The van der Waals surface area contributed by atoms with E-state index in [-0.39, 0.29) is 6.09 Å². The Hall–Kier alpha value is -1.56. The number of aromatic nitrogens is 2. The minimum atomic E-state index is -0.446. The molecule has 6 heteroatoms. The highest BCUT2D eigenvalue weighted by Crippen LogP contribution is 2.05. The summed E-state index contributed by atoms with van der Waals surface area (Å²) >= 11 is 0. The molecule has 102 valence electrons. The molecule has 0 radical (unpaired) electrons. The molecule has 0 aromatic carbocycles. The molecule has 0 unspecified atom stereocenters. The van der Waals surface area contributed by atoms with Crippen molar-refractivity contribution < 1.29 is 9.53 Å².